The number of allylic oxidation sites excluding steroid dienone is 1. The van der Waals surface area contributed by atoms with E-state index in [1.807, 2.05) is 20.9 Å². The van der Waals surface area contributed by atoms with Gasteiger partial charge in [0.1, 0.15) is 11.4 Å². The van der Waals surface area contributed by atoms with Crippen LogP contribution in [0.5, 0.6) is 0 Å². The Kier molecular flexibility index (Phi) is 2.85. The van der Waals surface area contributed by atoms with E-state index in [0.717, 1.165) is 5.82 Å². The summed E-state index contributed by atoms with van der Waals surface area (Å²) in [6, 6.07) is 0.332. The van der Waals surface area contributed by atoms with Crippen molar-refractivity contribution in [2.45, 2.75) is 53.1 Å². The van der Waals surface area contributed by atoms with Crippen molar-refractivity contribution in [1.82, 2.24) is 9.80 Å². The van der Waals surface area contributed by atoms with E-state index in [2.05, 4.69) is 32.6 Å². The zero-order valence-corrected chi connectivity index (χ0v) is 10.9. The van der Waals surface area contributed by atoms with Crippen LogP contribution in [0.3, 0.4) is 0 Å². The van der Waals surface area contributed by atoms with Crippen molar-refractivity contribution in [3.63, 3.8) is 0 Å². The van der Waals surface area contributed by atoms with Crippen molar-refractivity contribution in [3.8, 4) is 0 Å². The number of carbonyl (C=O) groups is 1. The fraction of sp³-hybridized carbons (Fsp3) is 0.750. The van der Waals surface area contributed by atoms with Crippen molar-refractivity contribution in [2.24, 2.45) is 0 Å². The molecule has 0 spiro atoms. The van der Waals surface area contributed by atoms with Gasteiger partial charge >= 0.3 is 0 Å². The molecule has 1 amide bonds. The predicted octanol–water partition coefficient (Wildman–Crippen LogP) is 2.20. The van der Waals surface area contributed by atoms with Gasteiger partial charge in [-0.15, -0.1) is 0 Å². The molecule has 0 aromatic heterocycles. The minimum Gasteiger partial charge on any atom is -0.341 e. The Bertz CT molecular complexity index is 312. The largest absolute Gasteiger partial charge is 0.341 e. The zero-order valence-electron chi connectivity index (χ0n) is 10.9. The van der Waals surface area contributed by atoms with Gasteiger partial charge in [0.15, 0.2) is 0 Å². The fourth-order valence-corrected chi connectivity index (χ4v) is 2.50. The summed E-state index contributed by atoms with van der Waals surface area (Å²) in [5, 5.41) is 0. The van der Waals surface area contributed by atoms with Gasteiger partial charge < -0.3 is 4.90 Å². The minimum atomic E-state index is -0.421. The Morgan fingerprint density at radius 1 is 1.27 bits per heavy atom. The summed E-state index contributed by atoms with van der Waals surface area (Å²) in [5.41, 5.74) is 0.764. The maximum absolute atomic E-state index is 12.1. The van der Waals surface area contributed by atoms with Crippen LogP contribution in [0.2, 0.25) is 0 Å². The molecule has 0 aromatic rings. The standard InChI is InChI=1S/C12H22N2O/c1-8(2)10-13(7)11(15)12(5,6)14(10)9(3)4/h9H,1-7H3. The van der Waals surface area contributed by atoms with E-state index >= 15 is 0 Å². The van der Waals surface area contributed by atoms with Crippen LogP contribution < -0.4 is 0 Å². The van der Waals surface area contributed by atoms with E-state index in [0.29, 0.717) is 6.04 Å². The molecule has 1 heterocycles. The SMILES string of the molecule is CC(C)=C1N(C)C(=O)C(C)(C)N1C(C)C. The van der Waals surface area contributed by atoms with E-state index in [1.165, 1.54) is 5.57 Å². The van der Waals surface area contributed by atoms with Gasteiger partial charge in [0.25, 0.3) is 5.91 Å². The minimum absolute atomic E-state index is 0.174. The van der Waals surface area contributed by atoms with Crippen LogP contribution in [-0.4, -0.2) is 34.3 Å². The molecule has 0 aromatic carbocycles. The van der Waals surface area contributed by atoms with Crippen molar-refractivity contribution < 1.29 is 4.79 Å². The quantitative estimate of drug-likeness (QED) is 0.662. The highest BCUT2D eigenvalue weighted by Crippen LogP contribution is 2.35. The van der Waals surface area contributed by atoms with Gasteiger partial charge in [0, 0.05) is 13.1 Å². The second kappa shape index (κ2) is 3.54. The highest BCUT2D eigenvalue weighted by molar-refractivity contribution is 5.90. The molecule has 0 N–H and O–H groups in total. The van der Waals surface area contributed by atoms with E-state index in [1.54, 1.807) is 4.90 Å². The summed E-state index contributed by atoms with van der Waals surface area (Å²) >= 11 is 0. The summed E-state index contributed by atoms with van der Waals surface area (Å²) in [7, 11) is 1.86. The summed E-state index contributed by atoms with van der Waals surface area (Å²) in [6.45, 7) is 12.3. The van der Waals surface area contributed by atoms with Crippen LogP contribution in [0, 0.1) is 0 Å². The van der Waals surface area contributed by atoms with Gasteiger partial charge in [0.2, 0.25) is 0 Å². The van der Waals surface area contributed by atoms with Crippen molar-refractivity contribution in [3.05, 3.63) is 11.4 Å². The molecule has 3 nitrogen and oxygen atoms in total. The molecule has 1 aliphatic rings. The molecule has 15 heavy (non-hydrogen) atoms. The topological polar surface area (TPSA) is 23.6 Å². The number of hydrogen-bond acceptors (Lipinski definition) is 2. The summed E-state index contributed by atoms with van der Waals surface area (Å²) in [6.07, 6.45) is 0. The van der Waals surface area contributed by atoms with E-state index in [9.17, 15) is 4.79 Å². The maximum atomic E-state index is 12.1. The maximum Gasteiger partial charge on any atom is 0.253 e. The Hall–Kier alpha value is -0.990. The average Bonchev–Trinajstić information content (AvgIpc) is 2.25. The smallest absolute Gasteiger partial charge is 0.253 e. The molecular weight excluding hydrogens is 188 g/mol. The highest BCUT2D eigenvalue weighted by atomic mass is 16.2. The van der Waals surface area contributed by atoms with Gasteiger partial charge in [-0.25, -0.2) is 0 Å². The van der Waals surface area contributed by atoms with Gasteiger partial charge in [-0.2, -0.15) is 0 Å². The molecule has 0 radical (unpaired) electrons. The monoisotopic (exact) mass is 210 g/mol. The van der Waals surface area contributed by atoms with Gasteiger partial charge in [-0.1, -0.05) is 0 Å². The lowest BCUT2D eigenvalue weighted by Crippen LogP contribution is -2.46. The summed E-state index contributed by atoms with van der Waals surface area (Å²) in [4.78, 5) is 16.1. The van der Waals surface area contributed by atoms with Crippen LogP contribution >= 0.6 is 0 Å². The first-order chi connectivity index (χ1) is 6.71. The number of amides is 1. The molecule has 0 aliphatic carbocycles. The zero-order chi connectivity index (χ0) is 12.0. The van der Waals surface area contributed by atoms with Crippen LogP contribution in [-0.2, 0) is 4.79 Å². The molecule has 1 saturated heterocycles. The van der Waals surface area contributed by atoms with Crippen LogP contribution in [0.25, 0.3) is 0 Å². The number of likely N-dealkylation sites (N-methyl/N-ethyl adjacent to an activating group) is 1. The number of rotatable bonds is 1. The van der Waals surface area contributed by atoms with Crippen LogP contribution in [0.1, 0.15) is 41.5 Å². The third-order valence-electron chi connectivity index (χ3n) is 2.94. The Morgan fingerprint density at radius 2 is 1.73 bits per heavy atom. The lowest BCUT2D eigenvalue weighted by molar-refractivity contribution is -0.131. The van der Waals surface area contributed by atoms with Crippen LogP contribution in [0.15, 0.2) is 11.4 Å². The van der Waals surface area contributed by atoms with Crippen molar-refractivity contribution in [1.29, 1.82) is 0 Å². The Morgan fingerprint density at radius 3 is 2.00 bits per heavy atom. The molecule has 1 fully saturated rings. The lowest BCUT2D eigenvalue weighted by atomic mass is 10.0. The van der Waals surface area contributed by atoms with E-state index in [4.69, 9.17) is 0 Å². The normalized spacial score (nSPS) is 20.5. The molecule has 3 heteroatoms. The molecule has 1 rings (SSSR count). The summed E-state index contributed by atoms with van der Waals surface area (Å²) in [5.74, 6) is 1.23. The lowest BCUT2D eigenvalue weighted by Gasteiger charge is -2.35. The van der Waals surface area contributed by atoms with Gasteiger partial charge in [-0.3, -0.25) is 9.69 Å². The number of nitrogens with zero attached hydrogens (tertiary/aromatic N) is 2. The van der Waals surface area contributed by atoms with E-state index in [-0.39, 0.29) is 5.91 Å². The molecule has 0 saturated carbocycles. The molecule has 1 aliphatic heterocycles. The molecule has 0 atom stereocenters. The number of hydrogen-bond donors (Lipinski definition) is 0. The van der Waals surface area contributed by atoms with Gasteiger partial charge in [-0.05, 0) is 47.1 Å². The summed E-state index contributed by atoms with van der Waals surface area (Å²) < 4.78 is 0. The Balaban J connectivity index is 3.32. The van der Waals surface area contributed by atoms with Crippen molar-refractivity contribution in [2.75, 3.05) is 7.05 Å². The van der Waals surface area contributed by atoms with Crippen LogP contribution in [0.4, 0.5) is 0 Å². The third kappa shape index (κ3) is 1.64. The molecule has 86 valence electrons. The predicted molar refractivity (Wildman–Crippen MR) is 62.2 cm³/mol. The second-order valence-corrected chi connectivity index (χ2v) is 5.21. The second-order valence-electron chi connectivity index (χ2n) is 5.21. The molecule has 0 bridgehead atoms. The first-order valence-electron chi connectivity index (χ1n) is 5.46. The highest BCUT2D eigenvalue weighted by Gasteiger charge is 2.48. The van der Waals surface area contributed by atoms with Gasteiger partial charge in [0.05, 0.1) is 0 Å². The molecular formula is C12H22N2O. The molecule has 0 unspecified atom stereocenters. The number of carbonyl (C=O) groups excluding carboxylic acids is 1. The fourth-order valence-electron chi connectivity index (χ4n) is 2.50. The van der Waals surface area contributed by atoms with E-state index < -0.39 is 5.54 Å². The van der Waals surface area contributed by atoms with Crippen molar-refractivity contribution >= 4 is 5.91 Å². The third-order valence-corrected chi connectivity index (χ3v) is 2.94. The average molecular weight is 210 g/mol. The first-order valence-corrected chi connectivity index (χ1v) is 5.46. The first kappa shape index (κ1) is 12.1. The Labute approximate surface area is 92.7 Å².